The first-order chi connectivity index (χ1) is 8.08. The molecule has 0 aliphatic heterocycles. The molecule has 96 valence electrons. The summed E-state index contributed by atoms with van der Waals surface area (Å²) in [4.78, 5) is 0. The lowest BCUT2D eigenvalue weighted by molar-refractivity contribution is 0.362. The minimum Gasteiger partial charge on any atom is -0.496 e. The molecule has 0 aliphatic rings. The van der Waals surface area contributed by atoms with E-state index in [1.54, 1.807) is 7.11 Å². The minimum absolute atomic E-state index is 0.674. The van der Waals surface area contributed by atoms with E-state index in [0.717, 1.165) is 25.1 Å². The van der Waals surface area contributed by atoms with Gasteiger partial charge < -0.3 is 10.5 Å². The third-order valence-corrected chi connectivity index (χ3v) is 3.44. The molecule has 0 aromatic heterocycles. The number of hydrogen-bond acceptors (Lipinski definition) is 2. The second-order valence-corrected chi connectivity index (χ2v) is 5.09. The summed E-state index contributed by atoms with van der Waals surface area (Å²) >= 11 is 0. The Bertz CT molecular complexity index is 347. The zero-order valence-electron chi connectivity index (χ0n) is 11.5. The van der Waals surface area contributed by atoms with Crippen molar-refractivity contribution in [2.45, 2.75) is 33.6 Å². The molecule has 1 rings (SSSR count). The van der Waals surface area contributed by atoms with Gasteiger partial charge in [-0.05, 0) is 55.3 Å². The van der Waals surface area contributed by atoms with Crippen molar-refractivity contribution < 1.29 is 4.74 Å². The normalized spacial score (nSPS) is 12.8. The van der Waals surface area contributed by atoms with E-state index < -0.39 is 0 Å². The van der Waals surface area contributed by atoms with Gasteiger partial charge in [0.15, 0.2) is 0 Å². The predicted octanol–water partition coefficient (Wildman–Crippen LogP) is 3.17. The van der Waals surface area contributed by atoms with Crippen LogP contribution in [0.3, 0.4) is 0 Å². The van der Waals surface area contributed by atoms with Crippen molar-refractivity contribution in [3.8, 4) is 5.75 Å². The first kappa shape index (κ1) is 14.0. The van der Waals surface area contributed by atoms with Crippen LogP contribution >= 0.6 is 0 Å². The third-order valence-electron chi connectivity index (χ3n) is 3.44. The zero-order chi connectivity index (χ0) is 12.8. The van der Waals surface area contributed by atoms with Gasteiger partial charge in [0.2, 0.25) is 0 Å². The first-order valence-corrected chi connectivity index (χ1v) is 6.42. The third kappa shape index (κ3) is 4.04. The van der Waals surface area contributed by atoms with Crippen molar-refractivity contribution in [2.24, 2.45) is 17.6 Å². The molecule has 0 aliphatic carbocycles. The maximum atomic E-state index is 5.68. The van der Waals surface area contributed by atoms with Gasteiger partial charge >= 0.3 is 0 Å². The summed E-state index contributed by atoms with van der Waals surface area (Å²) < 4.78 is 5.28. The Morgan fingerprint density at radius 3 is 2.47 bits per heavy atom. The summed E-state index contributed by atoms with van der Waals surface area (Å²) in [5.74, 6) is 2.32. The van der Waals surface area contributed by atoms with Gasteiger partial charge in [0.05, 0.1) is 7.11 Å². The molecule has 1 unspecified atom stereocenters. The van der Waals surface area contributed by atoms with E-state index in [9.17, 15) is 0 Å². The summed E-state index contributed by atoms with van der Waals surface area (Å²) in [5, 5.41) is 0. The molecule has 0 radical (unpaired) electrons. The van der Waals surface area contributed by atoms with E-state index in [-0.39, 0.29) is 0 Å². The van der Waals surface area contributed by atoms with E-state index in [1.165, 1.54) is 11.1 Å². The Kier molecular flexibility index (Phi) is 5.49. The molecular weight excluding hydrogens is 210 g/mol. The number of rotatable bonds is 6. The van der Waals surface area contributed by atoms with Crippen LogP contribution in [0, 0.1) is 18.8 Å². The van der Waals surface area contributed by atoms with Crippen molar-refractivity contribution in [2.75, 3.05) is 13.7 Å². The topological polar surface area (TPSA) is 35.2 Å². The summed E-state index contributed by atoms with van der Waals surface area (Å²) in [6, 6.07) is 6.45. The minimum atomic E-state index is 0.674. The van der Waals surface area contributed by atoms with Crippen LogP contribution in [0.1, 0.15) is 31.4 Å². The Morgan fingerprint density at radius 1 is 1.29 bits per heavy atom. The van der Waals surface area contributed by atoms with E-state index >= 15 is 0 Å². The fraction of sp³-hybridized carbons (Fsp3) is 0.600. The zero-order valence-corrected chi connectivity index (χ0v) is 11.5. The van der Waals surface area contributed by atoms with Crippen LogP contribution in [0.25, 0.3) is 0 Å². The highest BCUT2D eigenvalue weighted by atomic mass is 16.5. The van der Waals surface area contributed by atoms with Crippen LogP contribution in [-0.2, 0) is 6.42 Å². The highest BCUT2D eigenvalue weighted by molar-refractivity contribution is 5.36. The lowest BCUT2D eigenvalue weighted by Crippen LogP contribution is -2.16. The first-order valence-electron chi connectivity index (χ1n) is 6.42. The van der Waals surface area contributed by atoms with Crippen molar-refractivity contribution in [1.29, 1.82) is 0 Å². The summed E-state index contributed by atoms with van der Waals surface area (Å²) in [7, 11) is 1.72. The number of ether oxygens (including phenoxy) is 1. The maximum absolute atomic E-state index is 5.68. The Morgan fingerprint density at radius 2 is 2.00 bits per heavy atom. The maximum Gasteiger partial charge on any atom is 0.121 e. The SMILES string of the molecule is COc1ccc(CC(CCN)C(C)C)cc1C. The Labute approximate surface area is 105 Å². The smallest absolute Gasteiger partial charge is 0.121 e. The number of hydrogen-bond donors (Lipinski definition) is 1. The molecule has 2 N–H and O–H groups in total. The molecule has 1 aromatic carbocycles. The number of nitrogens with two attached hydrogens (primary N) is 1. The van der Waals surface area contributed by atoms with Crippen LogP contribution in [0.4, 0.5) is 0 Å². The largest absolute Gasteiger partial charge is 0.496 e. The van der Waals surface area contributed by atoms with Crippen LogP contribution in [0.2, 0.25) is 0 Å². The lowest BCUT2D eigenvalue weighted by Gasteiger charge is -2.20. The number of benzene rings is 1. The van der Waals surface area contributed by atoms with Gasteiger partial charge in [0.25, 0.3) is 0 Å². The monoisotopic (exact) mass is 235 g/mol. The summed E-state index contributed by atoms with van der Waals surface area (Å²) in [5.41, 5.74) is 8.27. The highest BCUT2D eigenvalue weighted by Gasteiger charge is 2.13. The molecule has 0 amide bonds. The molecule has 0 spiro atoms. The molecule has 2 heteroatoms. The van der Waals surface area contributed by atoms with Crippen LogP contribution < -0.4 is 10.5 Å². The lowest BCUT2D eigenvalue weighted by atomic mass is 9.86. The molecule has 1 atom stereocenters. The molecule has 0 saturated carbocycles. The predicted molar refractivity (Wildman–Crippen MR) is 73.4 cm³/mol. The molecule has 2 nitrogen and oxygen atoms in total. The van der Waals surface area contributed by atoms with Gasteiger partial charge in [-0.15, -0.1) is 0 Å². The van der Waals surface area contributed by atoms with E-state index in [0.29, 0.717) is 11.8 Å². The van der Waals surface area contributed by atoms with Crippen molar-refractivity contribution in [1.82, 2.24) is 0 Å². The Hall–Kier alpha value is -1.02. The number of methoxy groups -OCH3 is 1. The van der Waals surface area contributed by atoms with E-state index in [4.69, 9.17) is 10.5 Å². The van der Waals surface area contributed by atoms with Crippen LogP contribution in [-0.4, -0.2) is 13.7 Å². The summed E-state index contributed by atoms with van der Waals surface area (Å²) in [6.07, 6.45) is 2.21. The fourth-order valence-electron chi connectivity index (χ4n) is 2.26. The molecule has 0 heterocycles. The number of aryl methyl sites for hydroxylation is 1. The standard InChI is InChI=1S/C15H25NO/c1-11(2)14(7-8-16)10-13-5-6-15(17-4)12(3)9-13/h5-6,9,11,14H,7-8,10,16H2,1-4H3. The molecule has 17 heavy (non-hydrogen) atoms. The molecule has 0 bridgehead atoms. The average molecular weight is 235 g/mol. The van der Waals surface area contributed by atoms with Crippen molar-refractivity contribution in [3.63, 3.8) is 0 Å². The van der Waals surface area contributed by atoms with Crippen LogP contribution in [0.5, 0.6) is 5.75 Å². The van der Waals surface area contributed by atoms with Crippen LogP contribution in [0.15, 0.2) is 18.2 Å². The van der Waals surface area contributed by atoms with Gasteiger partial charge in [0.1, 0.15) is 5.75 Å². The quantitative estimate of drug-likeness (QED) is 0.822. The van der Waals surface area contributed by atoms with E-state index in [2.05, 4.69) is 39.0 Å². The van der Waals surface area contributed by atoms with E-state index in [1.807, 2.05) is 0 Å². The van der Waals surface area contributed by atoms with Crippen molar-refractivity contribution in [3.05, 3.63) is 29.3 Å². The highest BCUT2D eigenvalue weighted by Crippen LogP contribution is 2.24. The van der Waals surface area contributed by atoms with Gasteiger partial charge in [-0.3, -0.25) is 0 Å². The van der Waals surface area contributed by atoms with Gasteiger partial charge in [-0.1, -0.05) is 26.0 Å². The average Bonchev–Trinajstić information content (AvgIpc) is 2.28. The molecule has 0 saturated heterocycles. The molecular formula is C15H25NO. The molecule has 0 fully saturated rings. The second-order valence-electron chi connectivity index (χ2n) is 5.09. The van der Waals surface area contributed by atoms with Crippen molar-refractivity contribution >= 4 is 0 Å². The van der Waals surface area contributed by atoms with Gasteiger partial charge in [-0.25, -0.2) is 0 Å². The fourth-order valence-corrected chi connectivity index (χ4v) is 2.26. The van der Waals surface area contributed by atoms with Gasteiger partial charge in [0, 0.05) is 0 Å². The van der Waals surface area contributed by atoms with Gasteiger partial charge in [-0.2, -0.15) is 0 Å². The Balaban J connectivity index is 2.76. The summed E-state index contributed by atoms with van der Waals surface area (Å²) in [6.45, 7) is 7.42. The molecule has 1 aromatic rings. The second kappa shape index (κ2) is 6.65.